The number of ether oxygens (including phenoxy) is 2. The van der Waals surface area contributed by atoms with Crippen molar-refractivity contribution in [2.24, 2.45) is 11.8 Å². The number of hydrogen-bond acceptors (Lipinski definition) is 7. The maximum Gasteiger partial charge on any atom is 0.211 e. The highest BCUT2D eigenvalue weighted by Gasteiger charge is 2.48. The van der Waals surface area contributed by atoms with Gasteiger partial charge in [0.05, 0.1) is 44.6 Å². The predicted molar refractivity (Wildman–Crippen MR) is 195 cm³/mol. The Balaban J connectivity index is 0.971. The van der Waals surface area contributed by atoms with E-state index >= 15 is 0 Å². The number of nitrogens with zero attached hydrogens (tertiary/aromatic N) is 1. The molecule has 4 aliphatic rings. The Labute approximate surface area is 297 Å². The molecular weight excluding hydrogens is 630 g/mol. The lowest BCUT2D eigenvalue weighted by atomic mass is 9.80. The Hall–Kier alpha value is -3.47. The number of hydrogen-bond donors (Lipinski definition) is 5. The molecule has 3 aromatic carbocycles. The van der Waals surface area contributed by atoms with Gasteiger partial charge in [-0.2, -0.15) is 0 Å². The fraction of sp³-hybridized carbons (Fsp3) is 0.537. The number of fused-ring (bicyclic) bond motifs is 3. The molecule has 2 bridgehead atoms. The smallest absolute Gasteiger partial charge is 0.211 e. The average molecular weight is 687 g/mol. The highest BCUT2D eigenvalue weighted by atomic mass is 16.5. The third kappa shape index (κ3) is 8.35. The number of quaternary nitrogens is 1. The van der Waals surface area contributed by atoms with E-state index in [2.05, 4.69) is 48.7 Å². The van der Waals surface area contributed by atoms with Crippen LogP contribution in [-0.4, -0.2) is 78.3 Å². The van der Waals surface area contributed by atoms with Crippen molar-refractivity contribution >= 4 is 12.1 Å². The number of anilines is 1. The van der Waals surface area contributed by atoms with Gasteiger partial charge < -0.3 is 39.9 Å². The molecule has 1 saturated carbocycles. The number of phenols is 1. The Morgan fingerprint density at radius 3 is 2.46 bits per heavy atom. The fourth-order valence-electron chi connectivity index (χ4n) is 8.68. The van der Waals surface area contributed by atoms with Gasteiger partial charge in [-0.05, 0) is 73.1 Å². The third-order valence-corrected chi connectivity index (χ3v) is 11.8. The lowest BCUT2D eigenvalue weighted by Gasteiger charge is -2.53. The number of aliphatic hydroxyl groups excluding tert-OH is 1. The summed E-state index contributed by atoms with van der Waals surface area (Å²) in [5, 5.41) is 38.5. The molecule has 3 heterocycles. The van der Waals surface area contributed by atoms with Crippen LogP contribution in [-0.2, 0) is 15.1 Å². The number of carbonyl (C=O) groups excluding carboxylic acids is 1. The van der Waals surface area contributed by atoms with E-state index in [1.807, 2.05) is 24.3 Å². The van der Waals surface area contributed by atoms with E-state index in [9.17, 15) is 20.1 Å². The van der Waals surface area contributed by atoms with Crippen molar-refractivity contribution in [3.63, 3.8) is 0 Å². The number of aryl methyl sites for hydroxylation is 1. The van der Waals surface area contributed by atoms with E-state index in [4.69, 9.17) is 9.47 Å². The van der Waals surface area contributed by atoms with Crippen molar-refractivity contribution < 1.29 is 34.1 Å². The summed E-state index contributed by atoms with van der Waals surface area (Å²) in [5.74, 6) is 1.69. The lowest BCUT2D eigenvalue weighted by molar-refractivity contribution is -0.946. The zero-order valence-corrected chi connectivity index (χ0v) is 29.7. The predicted octanol–water partition coefficient (Wildman–Crippen LogP) is 6.13. The zero-order valence-electron chi connectivity index (χ0n) is 29.7. The third-order valence-electron chi connectivity index (χ3n) is 11.8. The number of benzene rings is 3. The average Bonchev–Trinajstić information content (AvgIpc) is 3.70. The van der Waals surface area contributed by atoms with Crippen molar-refractivity contribution in [3.8, 4) is 11.5 Å². The number of amides is 1. The van der Waals surface area contributed by atoms with Gasteiger partial charge in [0.25, 0.3) is 0 Å². The molecule has 3 aromatic rings. The summed E-state index contributed by atoms with van der Waals surface area (Å²) >= 11 is 0. The second-order valence-corrected chi connectivity index (χ2v) is 15.1. The highest BCUT2D eigenvalue weighted by molar-refractivity contribution is 5.75. The normalized spacial score (nSPS) is 24.4. The molecule has 3 saturated heterocycles. The molecule has 4 fully saturated rings. The molecule has 9 heteroatoms. The van der Waals surface area contributed by atoms with Gasteiger partial charge in [0.15, 0.2) is 0 Å². The fourth-order valence-corrected chi connectivity index (χ4v) is 8.68. The molecule has 9 nitrogen and oxygen atoms in total. The van der Waals surface area contributed by atoms with Gasteiger partial charge in [0, 0.05) is 37.8 Å². The summed E-state index contributed by atoms with van der Waals surface area (Å²) in [6, 6.07) is 21.1. The largest absolute Gasteiger partial charge is 0.506 e. The van der Waals surface area contributed by atoms with Crippen LogP contribution < -0.4 is 15.4 Å². The Kier molecular flexibility index (Phi) is 11.8. The second-order valence-electron chi connectivity index (χ2n) is 15.1. The summed E-state index contributed by atoms with van der Waals surface area (Å²) in [5.41, 5.74) is 3.12. The summed E-state index contributed by atoms with van der Waals surface area (Å²) in [4.78, 5) is 10.8. The van der Waals surface area contributed by atoms with Gasteiger partial charge in [-0.25, -0.2) is 0 Å². The number of nitrogens with one attached hydrogen (secondary N) is 2. The molecule has 270 valence electrons. The van der Waals surface area contributed by atoms with Crippen LogP contribution in [0.2, 0.25) is 0 Å². The van der Waals surface area contributed by atoms with Crippen LogP contribution in [0.5, 0.6) is 11.5 Å². The van der Waals surface area contributed by atoms with Crippen LogP contribution in [0.25, 0.3) is 0 Å². The van der Waals surface area contributed by atoms with Crippen LogP contribution in [0.15, 0.2) is 66.7 Å². The molecule has 3 aliphatic heterocycles. The molecule has 1 aliphatic carbocycles. The quantitative estimate of drug-likeness (QED) is 0.0502. The molecule has 50 heavy (non-hydrogen) atoms. The Bertz CT molecular complexity index is 1560. The van der Waals surface area contributed by atoms with E-state index in [0.29, 0.717) is 37.6 Å². The Morgan fingerprint density at radius 2 is 1.74 bits per heavy atom. The molecule has 0 aromatic heterocycles. The summed E-state index contributed by atoms with van der Waals surface area (Å²) in [7, 11) is 0. The van der Waals surface area contributed by atoms with Crippen LogP contribution in [0.1, 0.15) is 86.3 Å². The van der Waals surface area contributed by atoms with Gasteiger partial charge in [0.1, 0.15) is 29.7 Å². The van der Waals surface area contributed by atoms with Gasteiger partial charge >= 0.3 is 0 Å². The summed E-state index contributed by atoms with van der Waals surface area (Å²) in [6.45, 7) is 9.99. The standard InChI is InChI=1S/C41H55N3O6/c1-29-23-32(30(2)42-25-38(47)33-13-15-37(46)36(24-33)43-28-45)14-16-39(29)49-22-8-19-44-20-17-31(18-21-44)40(26-44)50-27-41(48,35-11-6-7-12-35)34-9-4-3-5-10-34/h3-5,9-10,13-16,23-24,28,30-31,35,38,40,42,47-48H,6-8,11-12,17-22,25-27H2,1-2H3,(H-,43,45,46)/p+1/t30?,31?,38-,40-,41+,44?/m0/s1. The highest BCUT2D eigenvalue weighted by Crippen LogP contribution is 2.43. The minimum atomic E-state index is -0.917. The van der Waals surface area contributed by atoms with E-state index in [1.54, 1.807) is 12.1 Å². The van der Waals surface area contributed by atoms with Crippen molar-refractivity contribution in [1.82, 2.24) is 5.32 Å². The minimum Gasteiger partial charge on any atom is -0.506 e. The Morgan fingerprint density at radius 1 is 1.00 bits per heavy atom. The maximum atomic E-state index is 12.0. The number of carbonyl (C=O) groups is 1. The van der Waals surface area contributed by atoms with E-state index in [-0.39, 0.29) is 29.5 Å². The number of aromatic hydroxyl groups is 1. The lowest BCUT2D eigenvalue weighted by Crippen LogP contribution is -2.65. The van der Waals surface area contributed by atoms with E-state index in [0.717, 1.165) is 59.3 Å². The van der Waals surface area contributed by atoms with Gasteiger partial charge in [-0.15, -0.1) is 0 Å². The molecule has 1 amide bonds. The molecule has 5 N–H and O–H groups in total. The van der Waals surface area contributed by atoms with Gasteiger partial charge in [0.2, 0.25) is 6.41 Å². The van der Waals surface area contributed by atoms with Crippen molar-refractivity contribution in [2.75, 3.05) is 51.3 Å². The zero-order chi connectivity index (χ0) is 35.1. The van der Waals surface area contributed by atoms with Crippen LogP contribution in [0.4, 0.5) is 5.69 Å². The number of aliphatic hydroxyl groups is 2. The number of phenolic OH excluding ortho intramolecular Hbond substituents is 1. The SMILES string of the molecule is Cc1cc(C(C)NC[C@H](O)c2ccc(O)c(NC=O)c2)ccc1OCCC[N+]12CCC(CC1)[C@@H](OC[C@@](O)(c1ccccc1)C1CCCC1)C2. The molecule has 1 unspecified atom stereocenters. The molecule has 4 atom stereocenters. The van der Waals surface area contributed by atoms with Crippen molar-refractivity contribution in [1.29, 1.82) is 0 Å². The molecule has 7 rings (SSSR count). The van der Waals surface area contributed by atoms with Crippen molar-refractivity contribution in [3.05, 3.63) is 89.0 Å². The first kappa shape index (κ1) is 36.3. The molecule has 0 spiro atoms. The number of rotatable bonds is 17. The van der Waals surface area contributed by atoms with E-state index in [1.165, 1.54) is 44.8 Å². The topological polar surface area (TPSA) is 120 Å². The summed E-state index contributed by atoms with van der Waals surface area (Å²) in [6.07, 6.45) is 7.75. The van der Waals surface area contributed by atoms with Crippen LogP contribution in [0, 0.1) is 18.8 Å². The number of piperidine rings is 3. The first-order chi connectivity index (χ1) is 24.2. The maximum absolute atomic E-state index is 12.0. The molecular formula is C41H56N3O6+. The van der Waals surface area contributed by atoms with Gasteiger partial charge in [-0.3, -0.25) is 4.79 Å². The first-order valence-corrected chi connectivity index (χ1v) is 18.6. The monoisotopic (exact) mass is 686 g/mol. The minimum absolute atomic E-state index is 0.00284. The van der Waals surface area contributed by atoms with Crippen LogP contribution >= 0.6 is 0 Å². The summed E-state index contributed by atoms with van der Waals surface area (Å²) < 4.78 is 14.1. The second kappa shape index (κ2) is 16.3. The molecule has 0 radical (unpaired) electrons. The van der Waals surface area contributed by atoms with Crippen molar-refractivity contribution in [2.45, 2.75) is 82.6 Å². The van der Waals surface area contributed by atoms with E-state index < -0.39 is 11.7 Å². The van der Waals surface area contributed by atoms with Crippen LogP contribution in [0.3, 0.4) is 0 Å². The first-order valence-electron chi connectivity index (χ1n) is 18.6. The van der Waals surface area contributed by atoms with Gasteiger partial charge in [-0.1, -0.05) is 61.4 Å².